The quantitative estimate of drug-likeness (QED) is 0.893. The van der Waals surface area contributed by atoms with Gasteiger partial charge >= 0.3 is 12.2 Å². The summed E-state index contributed by atoms with van der Waals surface area (Å²) in [5.41, 5.74) is 0.600. The second kappa shape index (κ2) is 6.56. The Morgan fingerprint density at radius 3 is 2.82 bits per heavy atom. The minimum atomic E-state index is -4.18. The van der Waals surface area contributed by atoms with E-state index in [2.05, 4.69) is 10.6 Å². The molecule has 2 N–H and O–H groups in total. The molecule has 1 heterocycles. The first-order valence-electron chi connectivity index (χ1n) is 7.08. The highest BCUT2D eigenvalue weighted by atomic mass is 19.4. The van der Waals surface area contributed by atoms with Crippen LogP contribution in [0.2, 0.25) is 0 Å². The molecular weight excluding hydrogens is 297 g/mol. The predicted octanol–water partition coefficient (Wildman–Crippen LogP) is 3.48. The number of carbonyl (C=O) groups is 1. The van der Waals surface area contributed by atoms with Crippen LogP contribution in [0.3, 0.4) is 0 Å². The maximum Gasteiger partial charge on any atom is 0.389 e. The van der Waals surface area contributed by atoms with E-state index in [4.69, 9.17) is 4.74 Å². The molecule has 1 aliphatic heterocycles. The average molecular weight is 316 g/mol. The number of carbonyl (C=O) groups excluding carboxylic acids is 1. The van der Waals surface area contributed by atoms with E-state index in [-0.39, 0.29) is 12.5 Å². The molecule has 0 bridgehead atoms. The molecular formula is C15H19F3N2O2. The Morgan fingerprint density at radius 1 is 1.41 bits per heavy atom. The highest BCUT2D eigenvalue weighted by Crippen LogP contribution is 2.23. The Balaban J connectivity index is 1.90. The van der Waals surface area contributed by atoms with Gasteiger partial charge in [0.25, 0.3) is 0 Å². The third-order valence-corrected chi connectivity index (χ3v) is 3.52. The van der Waals surface area contributed by atoms with E-state index in [0.29, 0.717) is 24.5 Å². The monoisotopic (exact) mass is 316 g/mol. The van der Waals surface area contributed by atoms with Crippen molar-refractivity contribution in [2.75, 3.05) is 18.5 Å². The van der Waals surface area contributed by atoms with Crippen LogP contribution in [0.1, 0.15) is 25.3 Å². The van der Waals surface area contributed by atoms with E-state index >= 15 is 0 Å². The van der Waals surface area contributed by atoms with Gasteiger partial charge in [-0.15, -0.1) is 0 Å². The predicted molar refractivity (Wildman–Crippen MR) is 76.8 cm³/mol. The first-order valence-corrected chi connectivity index (χ1v) is 7.08. The molecule has 0 spiro atoms. The first kappa shape index (κ1) is 16.6. The van der Waals surface area contributed by atoms with Crippen molar-refractivity contribution in [3.8, 4) is 0 Å². The summed E-state index contributed by atoms with van der Waals surface area (Å²) in [6, 6.07) is 6.05. The summed E-state index contributed by atoms with van der Waals surface area (Å²) in [6.07, 6.45) is -4.44. The lowest BCUT2D eigenvalue weighted by molar-refractivity contribution is -0.133. The van der Waals surface area contributed by atoms with Gasteiger partial charge in [0.15, 0.2) is 0 Å². The molecule has 7 heteroatoms. The Bertz CT molecular complexity index is 526. The number of hydrogen-bond acceptors (Lipinski definition) is 2. The number of rotatable bonds is 4. The van der Waals surface area contributed by atoms with E-state index in [1.807, 2.05) is 6.92 Å². The third-order valence-electron chi connectivity index (χ3n) is 3.52. The van der Waals surface area contributed by atoms with Crippen molar-refractivity contribution in [2.45, 2.75) is 37.9 Å². The van der Waals surface area contributed by atoms with Gasteiger partial charge in [0.1, 0.15) is 0 Å². The van der Waals surface area contributed by atoms with Crippen LogP contribution in [0, 0.1) is 0 Å². The molecule has 22 heavy (non-hydrogen) atoms. The molecule has 1 aromatic rings. The van der Waals surface area contributed by atoms with Gasteiger partial charge in [0.05, 0.1) is 12.1 Å². The van der Waals surface area contributed by atoms with Crippen molar-refractivity contribution in [3.05, 3.63) is 29.8 Å². The Labute approximate surface area is 127 Å². The molecule has 4 nitrogen and oxygen atoms in total. The minimum absolute atomic E-state index is 0.105. The van der Waals surface area contributed by atoms with Crippen molar-refractivity contribution >= 4 is 11.7 Å². The van der Waals surface area contributed by atoms with Gasteiger partial charge < -0.3 is 15.4 Å². The molecule has 2 amide bonds. The molecule has 0 saturated carbocycles. The second-order valence-electron chi connectivity index (χ2n) is 5.76. The fourth-order valence-corrected chi connectivity index (χ4v) is 2.29. The molecule has 1 saturated heterocycles. The summed E-state index contributed by atoms with van der Waals surface area (Å²) < 4.78 is 41.9. The van der Waals surface area contributed by atoms with Gasteiger partial charge in [0, 0.05) is 18.7 Å². The summed E-state index contributed by atoms with van der Waals surface area (Å²) in [4.78, 5) is 11.9. The lowest BCUT2D eigenvalue weighted by atomic mass is 10.0. The van der Waals surface area contributed by atoms with E-state index in [0.717, 1.165) is 6.42 Å². The Hall–Kier alpha value is -1.76. The van der Waals surface area contributed by atoms with Crippen molar-refractivity contribution in [1.82, 2.24) is 5.32 Å². The molecule has 2 rings (SSSR count). The number of anilines is 1. The number of aryl methyl sites for hydroxylation is 1. The van der Waals surface area contributed by atoms with Crippen LogP contribution >= 0.6 is 0 Å². The number of ether oxygens (including phenoxy) is 1. The van der Waals surface area contributed by atoms with Crippen LogP contribution in [-0.4, -0.2) is 31.0 Å². The molecule has 1 fully saturated rings. The molecule has 0 aromatic heterocycles. The van der Waals surface area contributed by atoms with Crippen LogP contribution in [0.4, 0.5) is 23.7 Å². The van der Waals surface area contributed by atoms with Gasteiger partial charge in [0.2, 0.25) is 0 Å². The number of alkyl halides is 3. The SMILES string of the molecule is C[C@]1(NC(=O)Nc2cccc(CCC(F)(F)F)c2)CCOC1. The van der Waals surface area contributed by atoms with Crippen LogP contribution in [0.25, 0.3) is 0 Å². The minimum Gasteiger partial charge on any atom is -0.379 e. The van der Waals surface area contributed by atoms with Crippen LogP contribution in [0.15, 0.2) is 24.3 Å². The van der Waals surface area contributed by atoms with Crippen LogP contribution < -0.4 is 10.6 Å². The highest BCUT2D eigenvalue weighted by molar-refractivity contribution is 5.89. The summed E-state index contributed by atoms with van der Waals surface area (Å²) in [7, 11) is 0. The summed E-state index contributed by atoms with van der Waals surface area (Å²) >= 11 is 0. The van der Waals surface area contributed by atoms with E-state index in [1.165, 1.54) is 0 Å². The van der Waals surface area contributed by atoms with Gasteiger partial charge in [-0.2, -0.15) is 13.2 Å². The van der Waals surface area contributed by atoms with E-state index < -0.39 is 18.1 Å². The molecule has 0 aliphatic carbocycles. The van der Waals surface area contributed by atoms with Gasteiger partial charge in [-0.3, -0.25) is 0 Å². The van der Waals surface area contributed by atoms with Crippen LogP contribution in [-0.2, 0) is 11.2 Å². The summed E-state index contributed by atoms with van der Waals surface area (Å²) in [5.74, 6) is 0. The molecule has 1 aromatic carbocycles. The number of nitrogens with one attached hydrogen (secondary N) is 2. The number of urea groups is 1. The number of hydrogen-bond donors (Lipinski definition) is 2. The topological polar surface area (TPSA) is 50.4 Å². The lowest BCUT2D eigenvalue weighted by Crippen LogP contribution is -2.48. The molecule has 0 radical (unpaired) electrons. The van der Waals surface area contributed by atoms with Crippen LogP contribution in [0.5, 0.6) is 0 Å². The van der Waals surface area contributed by atoms with Crippen molar-refractivity contribution in [3.63, 3.8) is 0 Å². The highest BCUT2D eigenvalue weighted by Gasteiger charge is 2.31. The second-order valence-corrected chi connectivity index (χ2v) is 5.76. The summed E-state index contributed by atoms with van der Waals surface area (Å²) in [5, 5.41) is 5.47. The van der Waals surface area contributed by atoms with Gasteiger partial charge in [-0.05, 0) is 37.5 Å². The average Bonchev–Trinajstić information content (AvgIpc) is 2.82. The summed E-state index contributed by atoms with van der Waals surface area (Å²) in [6.45, 7) is 2.94. The van der Waals surface area contributed by atoms with Gasteiger partial charge in [-0.25, -0.2) is 4.79 Å². The maximum absolute atomic E-state index is 12.2. The molecule has 1 aliphatic rings. The van der Waals surface area contributed by atoms with Crippen molar-refractivity contribution < 1.29 is 22.7 Å². The van der Waals surface area contributed by atoms with Crippen molar-refractivity contribution in [2.24, 2.45) is 0 Å². The van der Waals surface area contributed by atoms with Gasteiger partial charge in [-0.1, -0.05) is 12.1 Å². The van der Waals surface area contributed by atoms with E-state index in [9.17, 15) is 18.0 Å². The normalized spacial score (nSPS) is 21.6. The fraction of sp³-hybridized carbons (Fsp3) is 0.533. The Morgan fingerprint density at radius 2 is 2.18 bits per heavy atom. The lowest BCUT2D eigenvalue weighted by Gasteiger charge is -2.23. The first-order chi connectivity index (χ1) is 10.3. The molecule has 0 unspecified atom stereocenters. The maximum atomic E-state index is 12.2. The Kier molecular flexibility index (Phi) is 4.95. The van der Waals surface area contributed by atoms with Crippen molar-refractivity contribution in [1.29, 1.82) is 0 Å². The smallest absolute Gasteiger partial charge is 0.379 e. The standard InChI is InChI=1S/C15H19F3N2O2/c1-14(7-8-22-10-14)20-13(21)19-12-4-2-3-11(9-12)5-6-15(16,17)18/h2-4,9H,5-8,10H2,1H3,(H2,19,20,21)/t14-/m0/s1. The fourth-order valence-electron chi connectivity index (χ4n) is 2.29. The third kappa shape index (κ3) is 5.22. The number of halogens is 3. The molecule has 1 atom stereocenters. The zero-order chi connectivity index (χ0) is 16.2. The number of benzene rings is 1. The largest absolute Gasteiger partial charge is 0.389 e. The van der Waals surface area contributed by atoms with E-state index in [1.54, 1.807) is 24.3 Å². The number of amides is 2. The zero-order valence-electron chi connectivity index (χ0n) is 12.3. The molecule has 122 valence electrons. The zero-order valence-corrected chi connectivity index (χ0v) is 12.3.